The number of carbonyl (C=O) groups excluding carboxylic acids is 1. The lowest BCUT2D eigenvalue weighted by Gasteiger charge is -2.21. The van der Waals surface area contributed by atoms with E-state index in [9.17, 15) is 4.79 Å². The second-order valence-corrected chi connectivity index (χ2v) is 8.74. The summed E-state index contributed by atoms with van der Waals surface area (Å²) in [6, 6.07) is 16.5. The van der Waals surface area contributed by atoms with E-state index in [1.807, 2.05) is 36.4 Å². The summed E-state index contributed by atoms with van der Waals surface area (Å²) in [6.45, 7) is 13.1. The van der Waals surface area contributed by atoms with Crippen molar-refractivity contribution in [2.75, 3.05) is 0 Å². The van der Waals surface area contributed by atoms with Crippen molar-refractivity contribution in [1.29, 1.82) is 0 Å². The first kappa shape index (κ1) is 19.9. The van der Waals surface area contributed by atoms with Crippen molar-refractivity contribution >= 4 is 17.9 Å². The zero-order valence-electron chi connectivity index (χ0n) is 16.8. The highest BCUT2D eigenvalue weighted by Crippen LogP contribution is 2.27. The molecule has 0 saturated carbocycles. The number of hydrogen-bond donors (Lipinski definition) is 0. The van der Waals surface area contributed by atoms with Gasteiger partial charge in [-0.05, 0) is 45.2 Å². The number of benzene rings is 2. The van der Waals surface area contributed by atoms with Crippen LogP contribution < -0.4 is 0 Å². The molecule has 26 heavy (non-hydrogen) atoms. The third kappa shape index (κ3) is 5.29. The third-order valence-electron chi connectivity index (χ3n) is 4.39. The van der Waals surface area contributed by atoms with E-state index in [-0.39, 0.29) is 16.6 Å². The summed E-state index contributed by atoms with van der Waals surface area (Å²) in [7, 11) is 0. The normalized spacial score (nSPS) is 12.8. The van der Waals surface area contributed by atoms with E-state index in [1.54, 1.807) is 12.2 Å². The highest BCUT2D eigenvalue weighted by Gasteiger charge is 2.17. The fourth-order valence-electron chi connectivity index (χ4n) is 3.05. The van der Waals surface area contributed by atoms with Crippen LogP contribution in [-0.2, 0) is 15.6 Å². The van der Waals surface area contributed by atoms with Gasteiger partial charge >= 0.3 is 0 Å². The zero-order chi connectivity index (χ0) is 19.4. The third-order valence-corrected chi connectivity index (χ3v) is 4.39. The number of hydrogen-bond acceptors (Lipinski definition) is 1. The molecule has 2 rings (SSSR count). The number of carbonyl (C=O) groups is 1. The van der Waals surface area contributed by atoms with Gasteiger partial charge in [-0.2, -0.15) is 0 Å². The highest BCUT2D eigenvalue weighted by atomic mass is 16.1. The van der Waals surface area contributed by atoms with Gasteiger partial charge < -0.3 is 0 Å². The minimum atomic E-state index is -0.00238. The van der Waals surface area contributed by atoms with Crippen LogP contribution in [0.3, 0.4) is 0 Å². The monoisotopic (exact) mass is 346 g/mol. The van der Waals surface area contributed by atoms with Crippen LogP contribution in [-0.4, -0.2) is 5.78 Å². The fourth-order valence-corrected chi connectivity index (χ4v) is 3.05. The molecule has 1 nitrogen and oxygen atoms in total. The van der Waals surface area contributed by atoms with Gasteiger partial charge in [0.25, 0.3) is 0 Å². The fraction of sp³-hybridized carbons (Fsp3) is 0.320. The van der Waals surface area contributed by atoms with Gasteiger partial charge in [0.05, 0.1) is 0 Å². The maximum Gasteiger partial charge on any atom is 0.178 e. The van der Waals surface area contributed by atoms with Crippen LogP contribution in [0.1, 0.15) is 63.8 Å². The van der Waals surface area contributed by atoms with Crippen molar-refractivity contribution in [2.24, 2.45) is 0 Å². The quantitative estimate of drug-likeness (QED) is 0.572. The average molecular weight is 347 g/mol. The van der Waals surface area contributed by atoms with Crippen LogP contribution in [0, 0.1) is 0 Å². The molecule has 0 bridgehead atoms. The molecule has 0 unspecified atom stereocenters. The first-order chi connectivity index (χ1) is 12.1. The van der Waals surface area contributed by atoms with Crippen molar-refractivity contribution in [1.82, 2.24) is 0 Å². The van der Waals surface area contributed by atoms with Crippen LogP contribution in [0.25, 0.3) is 12.2 Å². The van der Waals surface area contributed by atoms with E-state index < -0.39 is 0 Å². The summed E-state index contributed by atoms with van der Waals surface area (Å²) in [5, 5.41) is 0. The van der Waals surface area contributed by atoms with Crippen LogP contribution >= 0.6 is 0 Å². The maximum atomic E-state index is 12.3. The second kappa shape index (κ2) is 7.86. The molecule has 0 aliphatic heterocycles. The molecule has 0 atom stereocenters. The molecule has 0 aliphatic carbocycles. The minimum Gasteiger partial charge on any atom is -0.290 e. The van der Waals surface area contributed by atoms with Crippen LogP contribution in [0.4, 0.5) is 0 Å². The molecule has 136 valence electrons. The molecule has 0 saturated heterocycles. The number of ketones is 1. The smallest absolute Gasteiger partial charge is 0.178 e. The molecule has 0 amide bonds. The summed E-state index contributed by atoms with van der Waals surface area (Å²) >= 11 is 0. The van der Waals surface area contributed by atoms with Gasteiger partial charge in [0, 0.05) is 0 Å². The lowest BCUT2D eigenvalue weighted by atomic mass is 9.83. The van der Waals surface area contributed by atoms with Gasteiger partial charge in [0.1, 0.15) is 0 Å². The Labute approximate surface area is 158 Å². The van der Waals surface area contributed by atoms with E-state index in [0.717, 1.165) is 11.1 Å². The topological polar surface area (TPSA) is 17.1 Å². The Bertz CT molecular complexity index is 754. The molecule has 0 fully saturated rings. The molecule has 0 aromatic heterocycles. The molecular formula is C25H30O. The van der Waals surface area contributed by atoms with Crippen molar-refractivity contribution < 1.29 is 4.79 Å². The first-order valence-corrected chi connectivity index (χ1v) is 9.18. The SMILES string of the molecule is CC(C)(C)c1ccccc1/C=C/C(=O)/C=C/c1ccccc1C(C)(C)C. The molecule has 1 heteroatoms. The lowest BCUT2D eigenvalue weighted by molar-refractivity contribution is -0.110. The summed E-state index contributed by atoms with van der Waals surface area (Å²) in [5.41, 5.74) is 4.77. The Kier molecular flexibility index (Phi) is 6.02. The number of rotatable bonds is 4. The summed E-state index contributed by atoms with van der Waals surface area (Å²) in [6.07, 6.45) is 7.15. The molecule has 0 aliphatic rings. The number of allylic oxidation sites excluding steroid dienone is 2. The van der Waals surface area contributed by atoms with Crippen molar-refractivity contribution in [3.05, 3.63) is 82.9 Å². The van der Waals surface area contributed by atoms with Crippen LogP contribution in [0.2, 0.25) is 0 Å². The van der Waals surface area contributed by atoms with Crippen molar-refractivity contribution in [3.8, 4) is 0 Å². The van der Waals surface area contributed by atoms with Gasteiger partial charge in [-0.15, -0.1) is 0 Å². The van der Waals surface area contributed by atoms with Gasteiger partial charge in [-0.3, -0.25) is 4.79 Å². The molecule has 2 aromatic carbocycles. The Morgan fingerprint density at radius 3 is 1.35 bits per heavy atom. The molecule has 0 N–H and O–H groups in total. The maximum absolute atomic E-state index is 12.3. The molecule has 0 radical (unpaired) electrons. The van der Waals surface area contributed by atoms with Crippen LogP contribution in [0.5, 0.6) is 0 Å². The predicted molar refractivity (Wildman–Crippen MR) is 113 cm³/mol. The lowest BCUT2D eigenvalue weighted by Crippen LogP contribution is -2.12. The predicted octanol–water partition coefficient (Wildman–Crippen LogP) is 6.58. The van der Waals surface area contributed by atoms with E-state index in [1.165, 1.54) is 11.1 Å². The van der Waals surface area contributed by atoms with E-state index in [0.29, 0.717) is 0 Å². The average Bonchev–Trinajstić information content (AvgIpc) is 2.57. The van der Waals surface area contributed by atoms with Gasteiger partial charge in [0.15, 0.2) is 5.78 Å². The summed E-state index contributed by atoms with van der Waals surface area (Å²) < 4.78 is 0. The Morgan fingerprint density at radius 1 is 0.654 bits per heavy atom. The van der Waals surface area contributed by atoms with Crippen molar-refractivity contribution in [3.63, 3.8) is 0 Å². The molecule has 0 spiro atoms. The Hall–Kier alpha value is -2.41. The zero-order valence-corrected chi connectivity index (χ0v) is 16.8. The highest BCUT2D eigenvalue weighted by molar-refractivity contribution is 6.04. The Morgan fingerprint density at radius 2 is 1.00 bits per heavy atom. The standard InChI is InChI=1S/C25H30O/c1-24(2,3)22-13-9-7-11-19(22)15-17-21(26)18-16-20-12-8-10-14-23(20)25(4,5)6/h7-18H,1-6H3/b17-15+,18-16+. The first-order valence-electron chi connectivity index (χ1n) is 9.18. The van der Waals surface area contributed by atoms with Gasteiger partial charge in [-0.1, -0.05) is 102 Å². The molecule has 2 aromatic rings. The molecular weight excluding hydrogens is 316 g/mol. The van der Waals surface area contributed by atoms with Crippen LogP contribution in [0.15, 0.2) is 60.7 Å². The van der Waals surface area contributed by atoms with Gasteiger partial charge in [0.2, 0.25) is 0 Å². The molecule has 0 heterocycles. The largest absolute Gasteiger partial charge is 0.290 e. The summed E-state index contributed by atoms with van der Waals surface area (Å²) in [4.78, 5) is 12.3. The van der Waals surface area contributed by atoms with E-state index >= 15 is 0 Å². The second-order valence-electron chi connectivity index (χ2n) is 8.74. The van der Waals surface area contributed by atoms with E-state index in [2.05, 4.69) is 65.8 Å². The Balaban J connectivity index is 2.21. The van der Waals surface area contributed by atoms with E-state index in [4.69, 9.17) is 0 Å². The summed E-state index contributed by atoms with van der Waals surface area (Å²) in [5.74, 6) is -0.00238. The minimum absolute atomic E-state index is 0.00238. The van der Waals surface area contributed by atoms with Gasteiger partial charge in [-0.25, -0.2) is 0 Å². The van der Waals surface area contributed by atoms with Crippen molar-refractivity contribution in [2.45, 2.75) is 52.4 Å².